The summed E-state index contributed by atoms with van der Waals surface area (Å²) in [7, 11) is 0. The highest BCUT2D eigenvalue weighted by Crippen LogP contribution is 2.20. The summed E-state index contributed by atoms with van der Waals surface area (Å²) in [6.45, 7) is 7.64. The van der Waals surface area contributed by atoms with Crippen LogP contribution >= 0.6 is 0 Å². The Morgan fingerprint density at radius 1 is 1.28 bits per heavy atom. The van der Waals surface area contributed by atoms with Crippen molar-refractivity contribution >= 4 is 5.97 Å². The van der Waals surface area contributed by atoms with Crippen molar-refractivity contribution in [2.75, 3.05) is 0 Å². The molecule has 18 heavy (non-hydrogen) atoms. The van der Waals surface area contributed by atoms with Gasteiger partial charge in [-0.3, -0.25) is 4.98 Å². The van der Waals surface area contributed by atoms with Crippen LogP contribution in [0.2, 0.25) is 0 Å². The zero-order valence-electron chi connectivity index (χ0n) is 10.9. The van der Waals surface area contributed by atoms with E-state index in [1.165, 1.54) is 6.20 Å². The number of hydrogen-bond donors (Lipinski definition) is 1. The number of rotatable bonds is 2. The number of hydrogen-bond acceptors (Lipinski definition) is 3. The second-order valence-corrected chi connectivity index (χ2v) is 4.36. The molecule has 0 saturated carbocycles. The second-order valence-electron chi connectivity index (χ2n) is 4.36. The number of carboxylic acid groups (broad SMARTS) is 1. The molecule has 94 valence electrons. The van der Waals surface area contributed by atoms with Crippen molar-refractivity contribution in [1.82, 2.24) is 14.8 Å². The molecule has 0 unspecified atom stereocenters. The molecule has 1 N–H and O–H groups in total. The lowest BCUT2D eigenvalue weighted by Crippen LogP contribution is -2.09. The van der Waals surface area contributed by atoms with Crippen molar-refractivity contribution in [1.29, 1.82) is 0 Å². The van der Waals surface area contributed by atoms with Gasteiger partial charge < -0.3 is 5.11 Å². The summed E-state index contributed by atoms with van der Waals surface area (Å²) < 4.78 is 1.67. The first-order chi connectivity index (χ1) is 8.41. The van der Waals surface area contributed by atoms with Crippen molar-refractivity contribution in [2.45, 2.75) is 27.7 Å². The molecule has 0 aromatic carbocycles. The van der Waals surface area contributed by atoms with E-state index in [1.807, 2.05) is 27.7 Å². The van der Waals surface area contributed by atoms with E-state index in [-0.39, 0.29) is 5.56 Å². The van der Waals surface area contributed by atoms with Crippen LogP contribution in [0, 0.1) is 27.7 Å². The first kappa shape index (κ1) is 12.3. The third kappa shape index (κ3) is 1.88. The molecule has 0 aliphatic carbocycles. The molecule has 0 aliphatic rings. The van der Waals surface area contributed by atoms with E-state index in [0.29, 0.717) is 5.69 Å². The molecular formula is C13H15N3O2. The van der Waals surface area contributed by atoms with Gasteiger partial charge in [-0.1, -0.05) is 0 Å². The SMILES string of the molecule is Cc1cc(-n2nc(C)c(C)c2C)c(C(=O)O)cn1. The first-order valence-corrected chi connectivity index (χ1v) is 5.65. The molecule has 2 rings (SSSR count). The molecule has 0 radical (unpaired) electrons. The third-order valence-electron chi connectivity index (χ3n) is 3.13. The number of nitrogens with zero attached hydrogens (tertiary/aromatic N) is 3. The van der Waals surface area contributed by atoms with E-state index in [0.717, 1.165) is 22.6 Å². The molecule has 2 aromatic heterocycles. The summed E-state index contributed by atoms with van der Waals surface area (Å²) in [6.07, 6.45) is 1.37. The van der Waals surface area contributed by atoms with Gasteiger partial charge in [0.25, 0.3) is 0 Å². The van der Waals surface area contributed by atoms with Crippen molar-refractivity contribution in [2.24, 2.45) is 0 Å². The molecular weight excluding hydrogens is 230 g/mol. The predicted octanol–water partition coefficient (Wildman–Crippen LogP) is 2.20. The van der Waals surface area contributed by atoms with Crippen molar-refractivity contribution in [3.63, 3.8) is 0 Å². The van der Waals surface area contributed by atoms with Crippen LogP contribution < -0.4 is 0 Å². The van der Waals surface area contributed by atoms with E-state index < -0.39 is 5.97 Å². The summed E-state index contributed by atoms with van der Waals surface area (Å²) in [4.78, 5) is 15.3. The van der Waals surface area contributed by atoms with Crippen LogP contribution in [0.4, 0.5) is 0 Å². The van der Waals surface area contributed by atoms with Gasteiger partial charge in [0.15, 0.2) is 0 Å². The highest BCUT2D eigenvalue weighted by molar-refractivity contribution is 5.91. The molecule has 2 heterocycles. The minimum Gasteiger partial charge on any atom is -0.478 e. The fourth-order valence-corrected chi connectivity index (χ4v) is 1.84. The number of carbonyl (C=O) groups is 1. The van der Waals surface area contributed by atoms with Gasteiger partial charge in [-0.05, 0) is 39.3 Å². The Balaban J connectivity index is 2.73. The van der Waals surface area contributed by atoms with Crippen LogP contribution in [0.3, 0.4) is 0 Å². The lowest BCUT2D eigenvalue weighted by atomic mass is 10.2. The monoisotopic (exact) mass is 245 g/mol. The Bertz CT molecular complexity index is 629. The lowest BCUT2D eigenvalue weighted by molar-refractivity contribution is 0.0696. The fourth-order valence-electron chi connectivity index (χ4n) is 1.84. The molecule has 0 spiro atoms. The van der Waals surface area contributed by atoms with E-state index in [2.05, 4.69) is 10.1 Å². The predicted molar refractivity (Wildman–Crippen MR) is 67.3 cm³/mol. The Kier molecular flexibility index (Phi) is 2.90. The number of pyridine rings is 1. The summed E-state index contributed by atoms with van der Waals surface area (Å²) in [5, 5.41) is 13.6. The average molecular weight is 245 g/mol. The van der Waals surface area contributed by atoms with E-state index in [4.69, 9.17) is 0 Å². The minimum absolute atomic E-state index is 0.159. The van der Waals surface area contributed by atoms with Gasteiger partial charge in [0.05, 0.1) is 11.4 Å². The molecule has 0 aliphatic heterocycles. The summed E-state index contributed by atoms with van der Waals surface area (Å²) in [5.41, 5.74) is 4.40. The second kappa shape index (κ2) is 4.25. The van der Waals surface area contributed by atoms with Crippen LogP contribution in [0.15, 0.2) is 12.3 Å². The topological polar surface area (TPSA) is 68.0 Å². The number of aryl methyl sites for hydroxylation is 2. The first-order valence-electron chi connectivity index (χ1n) is 5.65. The van der Waals surface area contributed by atoms with E-state index >= 15 is 0 Å². The molecule has 5 heteroatoms. The van der Waals surface area contributed by atoms with Crippen LogP contribution in [0.25, 0.3) is 5.69 Å². The Hall–Kier alpha value is -2.17. The van der Waals surface area contributed by atoms with E-state index in [9.17, 15) is 9.90 Å². The van der Waals surface area contributed by atoms with Gasteiger partial charge in [0, 0.05) is 17.6 Å². The minimum atomic E-state index is -0.997. The largest absolute Gasteiger partial charge is 0.478 e. The molecule has 5 nitrogen and oxygen atoms in total. The van der Waals surface area contributed by atoms with Crippen LogP contribution in [-0.4, -0.2) is 25.8 Å². The number of carboxylic acids is 1. The Morgan fingerprint density at radius 2 is 1.94 bits per heavy atom. The zero-order chi connectivity index (χ0) is 13.4. The highest BCUT2D eigenvalue weighted by Gasteiger charge is 2.16. The molecule has 0 bridgehead atoms. The van der Waals surface area contributed by atoms with Gasteiger partial charge in [-0.25, -0.2) is 9.48 Å². The van der Waals surface area contributed by atoms with Crippen molar-refractivity contribution < 1.29 is 9.90 Å². The van der Waals surface area contributed by atoms with Crippen molar-refractivity contribution in [3.05, 3.63) is 40.5 Å². The molecule has 0 amide bonds. The van der Waals surface area contributed by atoms with Gasteiger partial charge in [-0.15, -0.1) is 0 Å². The standard InChI is InChI=1S/C13H15N3O2/c1-7-5-12(11(6-14-7)13(17)18)16-10(4)8(2)9(3)15-16/h5-6H,1-4H3,(H,17,18). The molecule has 0 atom stereocenters. The zero-order valence-corrected chi connectivity index (χ0v) is 10.9. The van der Waals surface area contributed by atoms with Crippen LogP contribution in [0.5, 0.6) is 0 Å². The lowest BCUT2D eigenvalue weighted by Gasteiger charge is -2.09. The summed E-state index contributed by atoms with van der Waals surface area (Å²) in [6, 6.07) is 1.74. The Morgan fingerprint density at radius 3 is 2.44 bits per heavy atom. The number of aromatic nitrogens is 3. The normalized spacial score (nSPS) is 10.7. The maximum absolute atomic E-state index is 11.2. The highest BCUT2D eigenvalue weighted by atomic mass is 16.4. The number of aromatic carboxylic acids is 1. The average Bonchev–Trinajstić information content (AvgIpc) is 2.56. The Labute approximate surface area is 105 Å². The van der Waals surface area contributed by atoms with Gasteiger partial charge >= 0.3 is 5.97 Å². The van der Waals surface area contributed by atoms with Gasteiger partial charge in [0.2, 0.25) is 0 Å². The summed E-state index contributed by atoms with van der Waals surface area (Å²) in [5.74, 6) is -0.997. The molecule has 0 fully saturated rings. The third-order valence-corrected chi connectivity index (χ3v) is 3.13. The quantitative estimate of drug-likeness (QED) is 0.880. The van der Waals surface area contributed by atoms with Crippen LogP contribution in [0.1, 0.15) is 33.0 Å². The smallest absolute Gasteiger partial charge is 0.339 e. The maximum Gasteiger partial charge on any atom is 0.339 e. The van der Waals surface area contributed by atoms with Gasteiger partial charge in [0.1, 0.15) is 5.56 Å². The maximum atomic E-state index is 11.2. The van der Waals surface area contributed by atoms with Gasteiger partial charge in [-0.2, -0.15) is 5.10 Å². The molecule has 2 aromatic rings. The van der Waals surface area contributed by atoms with Crippen LogP contribution in [-0.2, 0) is 0 Å². The summed E-state index contributed by atoms with van der Waals surface area (Å²) >= 11 is 0. The fraction of sp³-hybridized carbons (Fsp3) is 0.308. The van der Waals surface area contributed by atoms with Crippen molar-refractivity contribution in [3.8, 4) is 5.69 Å². The van der Waals surface area contributed by atoms with E-state index in [1.54, 1.807) is 10.7 Å². The molecule has 0 saturated heterocycles.